The van der Waals surface area contributed by atoms with Crippen LogP contribution < -0.4 is 0 Å². The van der Waals surface area contributed by atoms with Gasteiger partial charge in [0.2, 0.25) is 0 Å². The lowest BCUT2D eigenvalue weighted by Gasteiger charge is -2.58. The van der Waals surface area contributed by atoms with E-state index in [1.165, 1.54) is 31.5 Å². The number of rotatable bonds is 3. The van der Waals surface area contributed by atoms with Crippen LogP contribution in [0.4, 0.5) is 0 Å². The molecule has 4 unspecified atom stereocenters. The molecule has 28 heavy (non-hydrogen) atoms. The van der Waals surface area contributed by atoms with Gasteiger partial charge in [-0.1, -0.05) is 19.4 Å². The van der Waals surface area contributed by atoms with Gasteiger partial charge >= 0.3 is 0 Å². The number of ketones is 1. The Kier molecular flexibility index (Phi) is 4.54. The molecule has 2 saturated carbocycles. The number of hydrogen-bond acceptors (Lipinski definition) is 3. The van der Waals surface area contributed by atoms with Crippen molar-refractivity contribution in [2.45, 2.75) is 90.1 Å². The number of likely N-dealkylation sites (tertiary alicyclic amines) is 1. The molecule has 5 rings (SSSR count). The molecule has 3 fully saturated rings. The third-order valence-corrected chi connectivity index (χ3v) is 9.37. The summed E-state index contributed by atoms with van der Waals surface area (Å²) in [4.78, 5) is 15.6. The zero-order valence-corrected chi connectivity index (χ0v) is 17.8. The van der Waals surface area contributed by atoms with Crippen molar-refractivity contribution < 1.29 is 9.90 Å². The molecule has 0 aromatic heterocycles. The van der Waals surface area contributed by atoms with Crippen LogP contribution in [-0.2, 0) is 4.79 Å². The lowest BCUT2D eigenvalue weighted by Crippen LogP contribution is -2.58. The van der Waals surface area contributed by atoms with Crippen LogP contribution in [0, 0.1) is 23.2 Å². The van der Waals surface area contributed by atoms with Gasteiger partial charge in [0, 0.05) is 36.5 Å². The van der Waals surface area contributed by atoms with Crippen LogP contribution in [-0.4, -0.2) is 34.5 Å². The zero-order chi connectivity index (χ0) is 19.5. The molecule has 1 saturated heterocycles. The average Bonchev–Trinajstić information content (AvgIpc) is 3.36. The topological polar surface area (TPSA) is 40.5 Å². The predicted octanol–water partition coefficient (Wildman–Crippen LogP) is 5.00. The maximum absolute atomic E-state index is 13.0. The first-order valence-corrected chi connectivity index (χ1v) is 12.0. The third kappa shape index (κ3) is 2.54. The Balaban J connectivity index is 1.54. The number of hydrogen-bond donors (Lipinski definition) is 1. The van der Waals surface area contributed by atoms with E-state index in [-0.39, 0.29) is 11.3 Å². The summed E-state index contributed by atoms with van der Waals surface area (Å²) in [5.74, 6) is 1.74. The summed E-state index contributed by atoms with van der Waals surface area (Å²) in [6, 6.07) is 0. The Morgan fingerprint density at radius 1 is 1.07 bits per heavy atom. The second kappa shape index (κ2) is 6.72. The number of Topliss-reactive ketones (excluding diaryl/α,β-unsaturated/α-hetero) is 1. The molecule has 3 nitrogen and oxygen atoms in total. The van der Waals surface area contributed by atoms with Gasteiger partial charge in [0.05, 0.1) is 5.60 Å². The summed E-state index contributed by atoms with van der Waals surface area (Å²) < 4.78 is 0. The predicted molar refractivity (Wildman–Crippen MR) is 112 cm³/mol. The summed E-state index contributed by atoms with van der Waals surface area (Å²) in [7, 11) is 0. The molecule has 5 aliphatic rings. The van der Waals surface area contributed by atoms with Gasteiger partial charge in [0.15, 0.2) is 0 Å². The Bertz CT molecular complexity index is 731. The summed E-state index contributed by atoms with van der Waals surface area (Å²) in [6.07, 6.45) is 13.9. The molecule has 0 aromatic carbocycles. The first-order chi connectivity index (χ1) is 13.5. The summed E-state index contributed by atoms with van der Waals surface area (Å²) in [5.41, 5.74) is 3.71. The highest BCUT2D eigenvalue weighted by Crippen LogP contribution is 2.64. The highest BCUT2D eigenvalue weighted by atomic mass is 16.3. The molecule has 3 heteroatoms. The minimum Gasteiger partial charge on any atom is -0.389 e. The van der Waals surface area contributed by atoms with E-state index in [4.69, 9.17) is 0 Å². The molecular formula is C25H37NO2. The van der Waals surface area contributed by atoms with E-state index in [1.807, 2.05) is 0 Å². The number of nitrogens with zero attached hydrogens (tertiary/aromatic N) is 1. The van der Waals surface area contributed by atoms with Crippen molar-refractivity contribution in [2.75, 3.05) is 13.1 Å². The van der Waals surface area contributed by atoms with Gasteiger partial charge in [-0.05, 0) is 87.7 Å². The largest absolute Gasteiger partial charge is 0.389 e. The maximum atomic E-state index is 13.0. The van der Waals surface area contributed by atoms with Gasteiger partial charge in [-0.2, -0.15) is 0 Å². The molecule has 0 radical (unpaired) electrons. The van der Waals surface area contributed by atoms with Crippen molar-refractivity contribution in [3.63, 3.8) is 0 Å². The maximum Gasteiger partial charge on any atom is 0.139 e. The summed E-state index contributed by atoms with van der Waals surface area (Å²) in [5, 5.41) is 11.9. The third-order valence-electron chi connectivity index (χ3n) is 9.37. The summed E-state index contributed by atoms with van der Waals surface area (Å²) in [6.45, 7) is 6.78. The van der Waals surface area contributed by atoms with E-state index >= 15 is 0 Å². The Morgan fingerprint density at radius 2 is 1.86 bits per heavy atom. The van der Waals surface area contributed by atoms with Crippen LogP contribution in [0.3, 0.4) is 0 Å². The Labute approximate surface area is 170 Å². The number of aliphatic hydroxyl groups is 1. The number of carbonyl (C=O) groups is 1. The molecule has 0 amide bonds. The number of allylic oxidation sites excluding steroid dienone is 3. The molecular weight excluding hydrogens is 346 g/mol. The average molecular weight is 384 g/mol. The lowest BCUT2D eigenvalue weighted by atomic mass is 9.48. The molecule has 0 aromatic rings. The van der Waals surface area contributed by atoms with Crippen molar-refractivity contribution in [1.82, 2.24) is 4.90 Å². The van der Waals surface area contributed by atoms with Gasteiger partial charge in [0.1, 0.15) is 5.78 Å². The quantitative estimate of drug-likeness (QED) is 0.745. The molecule has 5 atom stereocenters. The number of carbonyl (C=O) groups excluding carboxylic acids is 1. The van der Waals surface area contributed by atoms with Gasteiger partial charge < -0.3 is 10.0 Å². The van der Waals surface area contributed by atoms with Crippen LogP contribution in [0.2, 0.25) is 0 Å². The van der Waals surface area contributed by atoms with E-state index < -0.39 is 5.60 Å². The molecule has 1 N–H and O–H groups in total. The Hall–Kier alpha value is -1.09. The highest BCUT2D eigenvalue weighted by molar-refractivity contribution is 5.87. The van der Waals surface area contributed by atoms with Crippen LogP contribution in [0.5, 0.6) is 0 Å². The Morgan fingerprint density at radius 3 is 2.57 bits per heavy atom. The lowest BCUT2D eigenvalue weighted by molar-refractivity contribution is -0.158. The van der Waals surface area contributed by atoms with Crippen molar-refractivity contribution >= 4 is 5.78 Å². The second-order valence-corrected chi connectivity index (χ2v) is 10.3. The fourth-order valence-corrected chi connectivity index (χ4v) is 7.99. The smallest absolute Gasteiger partial charge is 0.139 e. The van der Waals surface area contributed by atoms with Crippen LogP contribution in [0.1, 0.15) is 84.5 Å². The fraction of sp³-hybridized carbons (Fsp3) is 0.800. The molecule has 154 valence electrons. The van der Waals surface area contributed by atoms with Gasteiger partial charge in [-0.3, -0.25) is 4.79 Å². The SMILES string of the molecule is CCC1(O)C[C@]2(CC)C(=O)CCC2C2CCC3=C(CCC(N4CCCC4)=C3)C21. The van der Waals surface area contributed by atoms with Crippen LogP contribution in [0.15, 0.2) is 22.9 Å². The van der Waals surface area contributed by atoms with Gasteiger partial charge in [0.25, 0.3) is 0 Å². The van der Waals surface area contributed by atoms with Gasteiger partial charge in [-0.25, -0.2) is 0 Å². The molecule has 4 aliphatic carbocycles. The van der Waals surface area contributed by atoms with E-state index in [0.29, 0.717) is 24.0 Å². The molecule has 0 spiro atoms. The first kappa shape index (κ1) is 18.9. The molecule has 0 bridgehead atoms. The van der Waals surface area contributed by atoms with Crippen molar-refractivity contribution in [1.29, 1.82) is 0 Å². The van der Waals surface area contributed by atoms with E-state index in [2.05, 4.69) is 24.8 Å². The minimum atomic E-state index is -0.697. The van der Waals surface area contributed by atoms with Crippen LogP contribution in [0.25, 0.3) is 0 Å². The standard InChI is InChI=1S/C25H37NO2/c1-3-24-16-25(28,4-2)23-19-10-8-18(26-13-5-6-14-26)15-17(19)7-9-20(23)21(24)11-12-22(24)27/h15,20-21,23,28H,3-14,16H2,1-2H3/t20?,21?,23?,24-,25?/m0/s1. The molecule has 1 aliphatic heterocycles. The van der Waals surface area contributed by atoms with Crippen LogP contribution >= 0.6 is 0 Å². The highest BCUT2D eigenvalue weighted by Gasteiger charge is 2.63. The van der Waals surface area contributed by atoms with Crippen molar-refractivity contribution in [3.05, 3.63) is 22.9 Å². The number of fused-ring (bicyclic) bond motifs is 4. The monoisotopic (exact) mass is 383 g/mol. The fourth-order valence-electron chi connectivity index (χ4n) is 7.99. The van der Waals surface area contributed by atoms with E-state index in [1.54, 1.807) is 11.3 Å². The van der Waals surface area contributed by atoms with E-state index in [0.717, 1.165) is 51.4 Å². The minimum absolute atomic E-state index is 0.241. The van der Waals surface area contributed by atoms with E-state index in [9.17, 15) is 9.90 Å². The van der Waals surface area contributed by atoms with Gasteiger partial charge in [-0.15, -0.1) is 0 Å². The zero-order valence-electron chi connectivity index (χ0n) is 17.8. The summed E-state index contributed by atoms with van der Waals surface area (Å²) >= 11 is 0. The molecule has 1 heterocycles. The first-order valence-electron chi connectivity index (χ1n) is 12.0. The van der Waals surface area contributed by atoms with Crippen molar-refractivity contribution in [2.24, 2.45) is 23.2 Å². The second-order valence-electron chi connectivity index (χ2n) is 10.3. The van der Waals surface area contributed by atoms with Crippen molar-refractivity contribution in [3.8, 4) is 0 Å². The normalized spacial score (nSPS) is 43.0.